The third-order valence-corrected chi connectivity index (χ3v) is 4.37. The molecule has 0 atom stereocenters. The molecule has 0 aliphatic carbocycles. The molecule has 0 aliphatic rings. The second-order valence-electron chi connectivity index (χ2n) is 6.24. The second-order valence-corrected chi connectivity index (χ2v) is 6.24. The van der Waals surface area contributed by atoms with Crippen LogP contribution in [-0.4, -0.2) is 26.7 Å². The van der Waals surface area contributed by atoms with Gasteiger partial charge in [-0.2, -0.15) is 10.4 Å². The fourth-order valence-electron chi connectivity index (χ4n) is 2.97. The van der Waals surface area contributed by atoms with Crippen molar-refractivity contribution in [1.29, 1.82) is 5.26 Å². The van der Waals surface area contributed by atoms with Crippen molar-refractivity contribution in [2.75, 3.05) is 17.6 Å². The summed E-state index contributed by atoms with van der Waals surface area (Å²) < 4.78 is 14.4. The largest absolute Gasteiger partial charge is 0.384 e. The van der Waals surface area contributed by atoms with Gasteiger partial charge in [-0.1, -0.05) is 0 Å². The molecule has 1 aromatic carbocycles. The lowest BCUT2D eigenvalue weighted by molar-refractivity contribution is 0.624. The summed E-state index contributed by atoms with van der Waals surface area (Å²) >= 11 is 0. The van der Waals surface area contributed by atoms with Crippen LogP contribution in [0, 0.1) is 31.0 Å². The second kappa shape index (κ2) is 7.83. The number of nitrogens with one attached hydrogen (secondary N) is 2. The first-order valence-electron chi connectivity index (χ1n) is 8.56. The van der Waals surface area contributed by atoms with Crippen molar-refractivity contribution in [1.82, 2.24) is 20.2 Å². The van der Waals surface area contributed by atoms with E-state index in [1.54, 1.807) is 12.1 Å². The molecule has 0 spiro atoms. The summed E-state index contributed by atoms with van der Waals surface area (Å²) in [5, 5.41) is 19.6. The molecule has 0 unspecified atom stereocenters. The molecule has 0 saturated heterocycles. The van der Waals surface area contributed by atoms with E-state index in [9.17, 15) is 9.65 Å². The number of hydrogen-bond acceptors (Lipinski definition) is 6. The summed E-state index contributed by atoms with van der Waals surface area (Å²) in [4.78, 5) is 7.95. The van der Waals surface area contributed by atoms with Crippen LogP contribution in [0.5, 0.6) is 0 Å². The lowest BCUT2D eigenvalue weighted by Gasteiger charge is -2.11. The Morgan fingerprint density at radius 2 is 2.15 bits per heavy atom. The van der Waals surface area contributed by atoms with Crippen molar-refractivity contribution in [3.63, 3.8) is 0 Å². The topological polar surface area (TPSA) is 116 Å². The number of nitrogens with two attached hydrogens (primary N) is 1. The van der Waals surface area contributed by atoms with Gasteiger partial charge in [0.25, 0.3) is 0 Å². The monoisotopic (exact) mass is 365 g/mol. The molecule has 0 saturated carbocycles. The fraction of sp³-hybridized carbons (Fsp3) is 0.263. The van der Waals surface area contributed by atoms with Gasteiger partial charge in [0.15, 0.2) is 0 Å². The van der Waals surface area contributed by atoms with Gasteiger partial charge < -0.3 is 11.1 Å². The molecule has 3 aromatic rings. The number of benzene rings is 1. The molecule has 4 N–H and O–H groups in total. The predicted molar refractivity (Wildman–Crippen MR) is 101 cm³/mol. The number of halogens is 1. The number of nitriles is 1. The number of aromatic amines is 1. The van der Waals surface area contributed by atoms with Crippen LogP contribution in [-0.2, 0) is 6.42 Å². The molecule has 3 rings (SSSR count). The quantitative estimate of drug-likeness (QED) is 0.578. The highest BCUT2D eigenvalue weighted by molar-refractivity contribution is 5.70. The molecule has 2 aromatic heterocycles. The van der Waals surface area contributed by atoms with E-state index in [0.717, 1.165) is 24.2 Å². The minimum absolute atomic E-state index is 0.0172. The van der Waals surface area contributed by atoms with Crippen LogP contribution in [0.1, 0.15) is 28.9 Å². The SMILES string of the molecule is Cc1n[nH]c(C)c1CCCNc1cc(-c2ccnc(N)n2)cc(F)c1C#N. The van der Waals surface area contributed by atoms with E-state index in [1.807, 2.05) is 19.9 Å². The Balaban J connectivity index is 1.77. The van der Waals surface area contributed by atoms with Gasteiger partial charge in [-0.05, 0) is 50.5 Å². The lowest BCUT2D eigenvalue weighted by Crippen LogP contribution is -2.07. The van der Waals surface area contributed by atoms with Crippen LogP contribution in [0.25, 0.3) is 11.3 Å². The zero-order valence-corrected chi connectivity index (χ0v) is 15.2. The lowest BCUT2D eigenvalue weighted by atomic mass is 10.1. The number of aromatic nitrogens is 4. The number of anilines is 2. The number of hydrogen-bond donors (Lipinski definition) is 3. The van der Waals surface area contributed by atoms with E-state index < -0.39 is 5.82 Å². The van der Waals surface area contributed by atoms with Crippen molar-refractivity contribution in [2.24, 2.45) is 0 Å². The zero-order valence-electron chi connectivity index (χ0n) is 15.2. The highest BCUT2D eigenvalue weighted by atomic mass is 19.1. The maximum Gasteiger partial charge on any atom is 0.220 e. The van der Waals surface area contributed by atoms with E-state index in [0.29, 0.717) is 23.5 Å². The Hall–Kier alpha value is -3.47. The Kier molecular flexibility index (Phi) is 5.31. The van der Waals surface area contributed by atoms with Crippen molar-refractivity contribution in [3.05, 3.63) is 52.7 Å². The first-order valence-corrected chi connectivity index (χ1v) is 8.56. The van der Waals surface area contributed by atoms with Crippen LogP contribution in [0.4, 0.5) is 16.0 Å². The molecule has 8 heteroatoms. The van der Waals surface area contributed by atoms with Crippen LogP contribution < -0.4 is 11.1 Å². The number of aryl methyl sites for hydroxylation is 2. The number of rotatable bonds is 6. The number of nitrogen functional groups attached to an aromatic ring is 1. The summed E-state index contributed by atoms with van der Waals surface area (Å²) in [6.07, 6.45) is 3.17. The molecular formula is C19H20FN7. The van der Waals surface area contributed by atoms with Gasteiger partial charge in [-0.15, -0.1) is 0 Å². The molecule has 0 amide bonds. The highest BCUT2D eigenvalue weighted by Crippen LogP contribution is 2.27. The molecule has 138 valence electrons. The Bertz CT molecular complexity index is 984. The standard InChI is InChI=1S/C19H20FN7/c1-11-14(12(2)27-26-11)4-3-6-23-18-9-13(8-16(20)15(18)10-21)17-5-7-24-19(22)25-17/h5,7-9,23H,3-4,6H2,1-2H3,(H,26,27)(H2,22,24,25). The van der Waals surface area contributed by atoms with E-state index in [-0.39, 0.29) is 11.5 Å². The highest BCUT2D eigenvalue weighted by Gasteiger charge is 2.13. The van der Waals surface area contributed by atoms with Crippen LogP contribution in [0.15, 0.2) is 24.4 Å². The molecule has 0 fully saturated rings. The van der Waals surface area contributed by atoms with Crippen molar-refractivity contribution < 1.29 is 4.39 Å². The molecule has 2 heterocycles. The van der Waals surface area contributed by atoms with Gasteiger partial charge in [0.1, 0.15) is 17.4 Å². The number of H-pyrrole nitrogens is 1. The molecule has 0 radical (unpaired) electrons. The summed E-state index contributed by atoms with van der Waals surface area (Å²) in [7, 11) is 0. The van der Waals surface area contributed by atoms with Gasteiger partial charge in [0.2, 0.25) is 5.95 Å². The van der Waals surface area contributed by atoms with Crippen LogP contribution in [0.2, 0.25) is 0 Å². The smallest absolute Gasteiger partial charge is 0.220 e. The first kappa shape index (κ1) is 18.3. The first-order chi connectivity index (χ1) is 13.0. The Morgan fingerprint density at radius 1 is 1.33 bits per heavy atom. The van der Waals surface area contributed by atoms with Gasteiger partial charge in [0, 0.05) is 24.0 Å². The van der Waals surface area contributed by atoms with E-state index in [1.165, 1.54) is 17.8 Å². The fourth-order valence-corrected chi connectivity index (χ4v) is 2.97. The van der Waals surface area contributed by atoms with E-state index >= 15 is 0 Å². The van der Waals surface area contributed by atoms with Gasteiger partial charge >= 0.3 is 0 Å². The minimum atomic E-state index is -0.601. The van der Waals surface area contributed by atoms with Gasteiger partial charge in [-0.25, -0.2) is 14.4 Å². The molecule has 27 heavy (non-hydrogen) atoms. The van der Waals surface area contributed by atoms with E-state index in [4.69, 9.17) is 5.73 Å². The van der Waals surface area contributed by atoms with Crippen LogP contribution in [0.3, 0.4) is 0 Å². The molecule has 7 nitrogen and oxygen atoms in total. The summed E-state index contributed by atoms with van der Waals surface area (Å²) in [5.74, 6) is -0.492. The van der Waals surface area contributed by atoms with Crippen molar-refractivity contribution >= 4 is 11.6 Å². The molecule has 0 aliphatic heterocycles. The Morgan fingerprint density at radius 3 is 2.81 bits per heavy atom. The molecular weight excluding hydrogens is 345 g/mol. The average Bonchev–Trinajstić information content (AvgIpc) is 2.96. The third kappa shape index (κ3) is 4.03. The Labute approximate surface area is 156 Å². The average molecular weight is 365 g/mol. The third-order valence-electron chi connectivity index (χ3n) is 4.37. The van der Waals surface area contributed by atoms with Gasteiger partial charge in [0.05, 0.1) is 17.1 Å². The molecule has 0 bridgehead atoms. The van der Waals surface area contributed by atoms with E-state index in [2.05, 4.69) is 25.5 Å². The van der Waals surface area contributed by atoms with Crippen molar-refractivity contribution in [3.8, 4) is 17.3 Å². The normalized spacial score (nSPS) is 10.6. The predicted octanol–water partition coefficient (Wildman–Crippen LogP) is 3.12. The zero-order chi connectivity index (χ0) is 19.4. The van der Waals surface area contributed by atoms with Gasteiger partial charge in [-0.3, -0.25) is 5.10 Å². The summed E-state index contributed by atoms with van der Waals surface area (Å²) in [6.45, 7) is 4.54. The maximum atomic E-state index is 14.4. The minimum Gasteiger partial charge on any atom is -0.384 e. The number of nitrogens with zero attached hydrogens (tertiary/aromatic N) is 4. The maximum absolute atomic E-state index is 14.4. The summed E-state index contributed by atoms with van der Waals surface area (Å²) in [5.41, 5.74) is 10.3. The van der Waals surface area contributed by atoms with Crippen molar-refractivity contribution in [2.45, 2.75) is 26.7 Å². The summed E-state index contributed by atoms with van der Waals surface area (Å²) in [6, 6.07) is 6.55. The van der Waals surface area contributed by atoms with Crippen LogP contribution >= 0.6 is 0 Å².